The predicted molar refractivity (Wildman–Crippen MR) is 69.8 cm³/mol. The highest BCUT2D eigenvalue weighted by atomic mass is 19.4. The van der Waals surface area contributed by atoms with E-state index < -0.39 is 23.5 Å². The van der Waals surface area contributed by atoms with Crippen molar-refractivity contribution in [1.82, 2.24) is 9.97 Å². The topological polar surface area (TPSA) is 68.0 Å². The number of carbonyl (C=O) groups excluding carboxylic acids is 1. The first-order valence-corrected chi connectivity index (χ1v) is 6.14. The zero-order chi connectivity index (χ0) is 16.0. The van der Waals surface area contributed by atoms with Crippen LogP contribution >= 0.6 is 0 Å². The molecule has 0 unspecified atom stereocenters. The second kappa shape index (κ2) is 6.87. The summed E-state index contributed by atoms with van der Waals surface area (Å²) in [6.07, 6.45) is -1.98. The number of nitrogens with zero attached hydrogens (tertiary/aromatic N) is 2. The molecule has 114 valence electrons. The summed E-state index contributed by atoms with van der Waals surface area (Å²) in [5.41, 5.74) is -0.476. The van der Waals surface area contributed by atoms with Crippen LogP contribution in [0.25, 0.3) is 0 Å². The van der Waals surface area contributed by atoms with Crippen molar-refractivity contribution >= 4 is 11.6 Å². The number of anilines is 1. The van der Waals surface area contributed by atoms with E-state index in [0.717, 1.165) is 0 Å². The Kier molecular flexibility index (Phi) is 5.45. The number of aromatic nitrogens is 2. The van der Waals surface area contributed by atoms with E-state index in [4.69, 9.17) is 0 Å². The lowest BCUT2D eigenvalue weighted by atomic mass is 10.3. The predicted octanol–water partition coefficient (Wildman–Crippen LogP) is 3.68. The van der Waals surface area contributed by atoms with Crippen molar-refractivity contribution in [1.29, 1.82) is 0 Å². The minimum Gasteiger partial charge on any atom is -0.436 e. The molecule has 8 heteroatoms. The summed E-state index contributed by atoms with van der Waals surface area (Å²) in [4.78, 5) is 18.9. The second-order valence-electron chi connectivity index (χ2n) is 3.60. The molecule has 0 saturated carbocycles. The van der Waals surface area contributed by atoms with Gasteiger partial charge in [-0.2, -0.15) is 13.2 Å². The highest BCUT2D eigenvalue weighted by Crippen LogP contribution is 2.32. The van der Waals surface area contributed by atoms with Crippen LogP contribution in [0.2, 0.25) is 0 Å². The van der Waals surface area contributed by atoms with Crippen LogP contribution in [0.3, 0.4) is 0 Å². The molecule has 2 aromatic rings. The molecular weight excluding hydrogens is 287 g/mol. The summed E-state index contributed by atoms with van der Waals surface area (Å²) in [7, 11) is 0. The third kappa shape index (κ3) is 4.30. The number of amides is 1. The Balaban J connectivity index is 0.00000106. The molecule has 0 radical (unpaired) electrons. The monoisotopic (exact) mass is 301 g/mol. The van der Waals surface area contributed by atoms with Crippen molar-refractivity contribution < 1.29 is 22.4 Å². The number of hydrogen-bond donors (Lipinski definition) is 1. The van der Waals surface area contributed by atoms with Gasteiger partial charge in [0.2, 0.25) is 5.76 Å². The maximum Gasteiger partial charge on any atom is 0.452 e. The van der Waals surface area contributed by atoms with Gasteiger partial charge >= 0.3 is 6.18 Å². The average molecular weight is 301 g/mol. The van der Waals surface area contributed by atoms with Gasteiger partial charge in [0, 0.05) is 25.0 Å². The van der Waals surface area contributed by atoms with Crippen LogP contribution in [0, 0.1) is 6.92 Å². The largest absolute Gasteiger partial charge is 0.452 e. The maximum atomic E-state index is 12.6. The molecule has 2 rings (SSSR count). The van der Waals surface area contributed by atoms with Crippen molar-refractivity contribution in [3.8, 4) is 0 Å². The van der Waals surface area contributed by atoms with Gasteiger partial charge in [-0.05, 0) is 12.1 Å². The van der Waals surface area contributed by atoms with Crippen molar-refractivity contribution in [2.45, 2.75) is 26.9 Å². The molecule has 2 aromatic heterocycles. The molecule has 5 nitrogen and oxygen atoms in total. The SMILES string of the molecule is CC.Cc1nc(C(=O)Nc2ccncc2)c(C(F)(F)F)o1. The number of pyridine rings is 1. The number of aryl methyl sites for hydroxylation is 1. The van der Waals surface area contributed by atoms with E-state index in [-0.39, 0.29) is 5.89 Å². The third-order valence-electron chi connectivity index (χ3n) is 2.14. The van der Waals surface area contributed by atoms with Crippen LogP contribution in [0.4, 0.5) is 18.9 Å². The van der Waals surface area contributed by atoms with E-state index in [1.807, 2.05) is 13.8 Å². The van der Waals surface area contributed by atoms with Crippen molar-refractivity contribution in [2.75, 3.05) is 5.32 Å². The molecule has 2 heterocycles. The van der Waals surface area contributed by atoms with Crippen LogP contribution in [-0.4, -0.2) is 15.9 Å². The van der Waals surface area contributed by atoms with E-state index in [2.05, 4.69) is 19.7 Å². The zero-order valence-corrected chi connectivity index (χ0v) is 11.7. The minimum absolute atomic E-state index is 0.229. The summed E-state index contributed by atoms with van der Waals surface area (Å²) in [6, 6.07) is 2.89. The fourth-order valence-electron chi connectivity index (χ4n) is 1.40. The molecule has 0 aliphatic heterocycles. The van der Waals surface area contributed by atoms with Gasteiger partial charge in [-0.1, -0.05) is 13.8 Å². The molecule has 0 spiro atoms. The summed E-state index contributed by atoms with van der Waals surface area (Å²) >= 11 is 0. The van der Waals surface area contributed by atoms with Crippen LogP contribution in [0.15, 0.2) is 28.9 Å². The smallest absolute Gasteiger partial charge is 0.436 e. The summed E-state index contributed by atoms with van der Waals surface area (Å²) in [5.74, 6) is -2.63. The van der Waals surface area contributed by atoms with E-state index in [0.29, 0.717) is 5.69 Å². The first-order valence-electron chi connectivity index (χ1n) is 6.14. The van der Waals surface area contributed by atoms with E-state index >= 15 is 0 Å². The van der Waals surface area contributed by atoms with Crippen molar-refractivity contribution in [2.24, 2.45) is 0 Å². The van der Waals surface area contributed by atoms with Crippen LogP contribution in [0.1, 0.15) is 36.0 Å². The second-order valence-corrected chi connectivity index (χ2v) is 3.60. The summed E-state index contributed by atoms with van der Waals surface area (Å²) in [6.45, 7) is 5.23. The Morgan fingerprint density at radius 1 is 1.24 bits per heavy atom. The van der Waals surface area contributed by atoms with Gasteiger partial charge in [0.05, 0.1) is 0 Å². The van der Waals surface area contributed by atoms with Gasteiger partial charge < -0.3 is 9.73 Å². The Hall–Kier alpha value is -2.38. The molecule has 0 aromatic carbocycles. The quantitative estimate of drug-likeness (QED) is 0.918. The van der Waals surface area contributed by atoms with E-state index in [9.17, 15) is 18.0 Å². The molecule has 0 aliphatic carbocycles. The Morgan fingerprint density at radius 2 is 1.81 bits per heavy atom. The average Bonchev–Trinajstić information content (AvgIpc) is 2.84. The molecule has 0 bridgehead atoms. The zero-order valence-electron chi connectivity index (χ0n) is 11.7. The summed E-state index contributed by atoms with van der Waals surface area (Å²) < 4.78 is 42.3. The molecule has 1 amide bonds. The number of rotatable bonds is 2. The van der Waals surface area contributed by atoms with Gasteiger partial charge in [-0.3, -0.25) is 9.78 Å². The Morgan fingerprint density at radius 3 is 2.33 bits per heavy atom. The van der Waals surface area contributed by atoms with Gasteiger partial charge in [0.1, 0.15) is 0 Å². The Bertz CT molecular complexity index is 594. The number of halogens is 3. The molecule has 0 atom stereocenters. The van der Waals surface area contributed by atoms with E-state index in [1.54, 1.807) is 0 Å². The molecule has 0 fully saturated rings. The highest BCUT2D eigenvalue weighted by Gasteiger charge is 2.41. The first-order chi connectivity index (χ1) is 9.88. The minimum atomic E-state index is -4.77. The van der Waals surface area contributed by atoms with Gasteiger partial charge in [-0.15, -0.1) is 0 Å². The lowest BCUT2D eigenvalue weighted by Crippen LogP contribution is -2.18. The van der Waals surface area contributed by atoms with E-state index in [1.165, 1.54) is 31.5 Å². The summed E-state index contributed by atoms with van der Waals surface area (Å²) in [5, 5.41) is 2.28. The lowest BCUT2D eigenvalue weighted by Gasteiger charge is -2.05. The molecule has 1 N–H and O–H groups in total. The lowest BCUT2D eigenvalue weighted by molar-refractivity contribution is -0.153. The third-order valence-corrected chi connectivity index (χ3v) is 2.14. The number of alkyl halides is 3. The van der Waals surface area contributed by atoms with Gasteiger partial charge in [0.25, 0.3) is 5.91 Å². The number of carbonyl (C=O) groups is 1. The molecule has 0 saturated heterocycles. The first kappa shape index (κ1) is 16.7. The Labute approximate surface area is 119 Å². The fourth-order valence-corrected chi connectivity index (χ4v) is 1.40. The molecular formula is C13H14F3N3O2. The normalized spacial score (nSPS) is 10.6. The highest BCUT2D eigenvalue weighted by molar-refractivity contribution is 6.03. The van der Waals surface area contributed by atoms with Crippen molar-refractivity contribution in [3.63, 3.8) is 0 Å². The molecule has 21 heavy (non-hydrogen) atoms. The number of oxazole rings is 1. The maximum absolute atomic E-state index is 12.6. The number of nitrogens with one attached hydrogen (secondary N) is 1. The molecule has 0 aliphatic rings. The van der Waals surface area contributed by atoms with Crippen molar-refractivity contribution in [3.05, 3.63) is 41.9 Å². The standard InChI is InChI=1S/C11H8F3N3O2.C2H6/c1-6-16-8(9(19-6)11(12,13)14)10(18)17-7-2-4-15-5-3-7;1-2/h2-5H,1H3,(H,15,17,18);1-2H3. The van der Waals surface area contributed by atoms with Gasteiger partial charge in [-0.25, -0.2) is 4.98 Å². The van der Waals surface area contributed by atoms with Crippen LogP contribution < -0.4 is 5.32 Å². The fraction of sp³-hybridized carbons (Fsp3) is 0.308. The van der Waals surface area contributed by atoms with Crippen LogP contribution in [-0.2, 0) is 6.18 Å². The van der Waals surface area contributed by atoms with Crippen LogP contribution in [0.5, 0.6) is 0 Å². The number of hydrogen-bond acceptors (Lipinski definition) is 4. The van der Waals surface area contributed by atoms with Gasteiger partial charge in [0.15, 0.2) is 11.6 Å².